The number of aromatic carboxylic acids is 1. The van der Waals surface area contributed by atoms with Crippen LogP contribution < -0.4 is 9.47 Å². The van der Waals surface area contributed by atoms with Crippen LogP contribution >= 0.6 is 0 Å². The molecule has 5 aliphatic rings. The number of ether oxygens (including phenoxy) is 2. The molecule has 2 aromatic carbocycles. The highest BCUT2D eigenvalue weighted by molar-refractivity contribution is 6.01. The van der Waals surface area contributed by atoms with E-state index in [1.165, 1.54) is 45.6 Å². The van der Waals surface area contributed by atoms with E-state index in [-0.39, 0.29) is 90.1 Å². The van der Waals surface area contributed by atoms with Gasteiger partial charge in [-0.05, 0) is 154 Å². The lowest BCUT2D eigenvalue weighted by molar-refractivity contribution is -0.202. The number of carboxylic acids is 2. The Hall–Kier alpha value is -4.71. The number of aromatic hydroxyl groups is 2. The molecule has 5 aliphatic carbocycles. The minimum atomic E-state index is -1.38. The van der Waals surface area contributed by atoms with Crippen molar-refractivity contribution in [1.82, 2.24) is 0 Å². The Morgan fingerprint density at radius 3 is 2.02 bits per heavy atom. The summed E-state index contributed by atoms with van der Waals surface area (Å²) in [7, 11) is 1.31. The molecule has 0 amide bonds. The van der Waals surface area contributed by atoms with Crippen LogP contribution in [0.1, 0.15) is 154 Å². The van der Waals surface area contributed by atoms with Crippen molar-refractivity contribution in [2.75, 3.05) is 7.11 Å². The summed E-state index contributed by atoms with van der Waals surface area (Å²) in [6, 6.07) is 2.71. The Bertz CT molecular complexity index is 2240. The second-order valence-electron chi connectivity index (χ2n) is 20.8. The van der Waals surface area contributed by atoms with Gasteiger partial charge in [-0.3, -0.25) is 14.4 Å². The third-order valence-electron chi connectivity index (χ3n) is 17.2. The number of hydrogen-bond acceptors (Lipinski definition) is 10. The lowest BCUT2D eigenvalue weighted by Crippen LogP contribution is -2.66. The maximum atomic E-state index is 14.2. The van der Waals surface area contributed by atoms with Crippen molar-refractivity contribution < 1.29 is 59.0 Å². The fraction of sp³-hybridized carbons (Fsp3) is 0.612. The second kappa shape index (κ2) is 15.3. The molecule has 7 rings (SSSR count). The normalized spacial score (nSPS) is 34.8. The van der Waals surface area contributed by atoms with Crippen LogP contribution in [0.25, 0.3) is 0 Å². The third kappa shape index (κ3) is 6.86. The predicted octanol–water partition coefficient (Wildman–Crippen LogP) is 9.17. The molecule has 12 heteroatoms. The van der Waals surface area contributed by atoms with E-state index in [4.69, 9.17) is 9.47 Å². The van der Waals surface area contributed by atoms with Gasteiger partial charge in [-0.2, -0.15) is 0 Å². The van der Waals surface area contributed by atoms with Gasteiger partial charge in [0.25, 0.3) is 0 Å². The molecule has 4 saturated carbocycles. The van der Waals surface area contributed by atoms with Gasteiger partial charge in [0.1, 0.15) is 34.1 Å². The fourth-order valence-corrected chi connectivity index (χ4v) is 13.1. The number of rotatable bonds is 6. The first kappa shape index (κ1) is 45.8. The number of esters is 1. The molecule has 61 heavy (non-hydrogen) atoms. The number of carbonyl (C=O) groups is 5. The highest BCUT2D eigenvalue weighted by Crippen LogP contribution is 2.75. The average Bonchev–Trinajstić information content (AvgIpc) is 3.17. The summed E-state index contributed by atoms with van der Waals surface area (Å²) in [4.78, 5) is 61.6. The maximum absolute atomic E-state index is 14.2. The van der Waals surface area contributed by atoms with Gasteiger partial charge in [0.15, 0.2) is 12.1 Å². The molecule has 0 heterocycles. The van der Waals surface area contributed by atoms with Gasteiger partial charge in [-0.15, -0.1) is 0 Å². The predicted molar refractivity (Wildman–Crippen MR) is 227 cm³/mol. The molecule has 4 fully saturated rings. The summed E-state index contributed by atoms with van der Waals surface area (Å²) in [5.74, 6) is -3.32. The van der Waals surface area contributed by atoms with E-state index in [1.807, 2.05) is 13.0 Å². The lowest BCUT2D eigenvalue weighted by atomic mass is 9.33. The minimum Gasteiger partial charge on any atom is -0.507 e. The number of aliphatic hydroxyl groups is 1. The van der Waals surface area contributed by atoms with Gasteiger partial charge in [0.05, 0.1) is 24.2 Å². The van der Waals surface area contributed by atoms with Crippen LogP contribution in [0.3, 0.4) is 0 Å². The van der Waals surface area contributed by atoms with Crippen LogP contribution in [0.5, 0.6) is 23.0 Å². The van der Waals surface area contributed by atoms with E-state index in [0.717, 1.165) is 51.4 Å². The highest BCUT2D eigenvalue weighted by Gasteiger charge is 2.70. The molecule has 9 atom stereocenters. The van der Waals surface area contributed by atoms with Gasteiger partial charge in [-0.25, -0.2) is 9.59 Å². The molecule has 0 radical (unpaired) electrons. The van der Waals surface area contributed by atoms with Crippen molar-refractivity contribution in [3.05, 3.63) is 57.2 Å². The Balaban J connectivity index is 0.000000210. The highest BCUT2D eigenvalue weighted by atomic mass is 16.5. The lowest BCUT2D eigenvalue weighted by Gasteiger charge is -2.70. The minimum absolute atomic E-state index is 0.0296. The molecule has 0 aliphatic heterocycles. The zero-order valence-electron chi connectivity index (χ0n) is 37.6. The Morgan fingerprint density at radius 1 is 0.803 bits per heavy atom. The first-order chi connectivity index (χ1) is 28.2. The number of aliphatic carboxylic acids is 1. The summed E-state index contributed by atoms with van der Waals surface area (Å²) in [6.45, 7) is 20.2. The number of aliphatic hydroxyl groups excluding tert-OH is 1. The summed E-state index contributed by atoms with van der Waals surface area (Å²) in [5, 5.41) is 50.4. The number of carboxylic acid groups (broad SMARTS) is 2. The monoisotopic (exact) mass is 844 g/mol. The molecule has 9 unspecified atom stereocenters. The van der Waals surface area contributed by atoms with Crippen molar-refractivity contribution in [1.29, 1.82) is 0 Å². The Labute approximate surface area is 358 Å². The molecule has 0 saturated heterocycles. The summed E-state index contributed by atoms with van der Waals surface area (Å²) in [5.41, 5.74) is -0.165. The third-order valence-corrected chi connectivity index (χ3v) is 17.2. The smallest absolute Gasteiger partial charge is 0.347 e. The number of phenolic OH excluding ortho intramolecular Hbond substituents is 1. The maximum Gasteiger partial charge on any atom is 0.347 e. The zero-order valence-corrected chi connectivity index (χ0v) is 37.6. The van der Waals surface area contributed by atoms with E-state index in [0.29, 0.717) is 24.2 Å². The van der Waals surface area contributed by atoms with Crippen LogP contribution in [0.2, 0.25) is 0 Å². The SMILES string of the molecule is CC1(C(=O)O)CCC2(C)CCC3(C)C(=CC(=O)C4C5(C)CCC(O)C(C)(C)C5CCC43C)C2C1.COc1cc(C)c(C(=O)Oc2cc(C)c(O)c(C(=O)O)c2C)c(O)c1C=O. The first-order valence-electron chi connectivity index (χ1n) is 21.5. The van der Waals surface area contributed by atoms with Crippen LogP contribution in [0, 0.1) is 71.0 Å². The van der Waals surface area contributed by atoms with Gasteiger partial charge in [0.2, 0.25) is 0 Å². The van der Waals surface area contributed by atoms with Crippen molar-refractivity contribution >= 4 is 30.0 Å². The molecular weight excluding hydrogens is 781 g/mol. The quantitative estimate of drug-likeness (QED) is 0.105. The van der Waals surface area contributed by atoms with Gasteiger partial charge in [0, 0.05) is 11.5 Å². The molecule has 5 N–H and O–H groups in total. The second-order valence-corrected chi connectivity index (χ2v) is 20.8. The van der Waals surface area contributed by atoms with Crippen LogP contribution in [0.4, 0.5) is 0 Å². The molecule has 0 bridgehead atoms. The number of ketones is 1. The van der Waals surface area contributed by atoms with Crippen LogP contribution in [-0.4, -0.2) is 68.7 Å². The van der Waals surface area contributed by atoms with E-state index < -0.39 is 34.8 Å². The number of benzene rings is 2. The Morgan fingerprint density at radius 2 is 1.43 bits per heavy atom. The Kier molecular flexibility index (Phi) is 11.5. The van der Waals surface area contributed by atoms with Crippen molar-refractivity contribution in [3.63, 3.8) is 0 Å². The van der Waals surface area contributed by atoms with Gasteiger partial charge < -0.3 is 35.0 Å². The molecule has 0 spiro atoms. The number of fused-ring (bicyclic) bond motifs is 7. The van der Waals surface area contributed by atoms with Gasteiger partial charge >= 0.3 is 17.9 Å². The van der Waals surface area contributed by atoms with E-state index in [9.17, 15) is 49.5 Å². The standard InChI is InChI=1S/C30H46O4.C19H18O8/c1-25(2)21-8-11-30(7)23(28(21,5)10-9-22(25)32)20(31)16-18-19-17-27(4,24(33)34)13-12-26(19,3)14-15-29(18,30)6;1-8-5-13(26-4)11(7-20)17(22)14(8)19(25)27-12-6-9(2)16(21)15(10(12)3)18(23)24/h16,19,21-23,32H,8-15,17H2,1-7H3,(H,33,34);5-7,21-22H,1-4H3,(H,23,24). The molecule has 2 aromatic rings. The topological polar surface area (TPSA) is 205 Å². The van der Waals surface area contributed by atoms with E-state index >= 15 is 0 Å². The molecule has 332 valence electrons. The first-order valence-corrected chi connectivity index (χ1v) is 21.5. The average molecular weight is 845 g/mol. The van der Waals surface area contributed by atoms with Crippen molar-refractivity contribution in [2.45, 2.75) is 133 Å². The molecule has 12 nitrogen and oxygen atoms in total. The van der Waals surface area contributed by atoms with E-state index in [2.05, 4.69) is 41.5 Å². The van der Waals surface area contributed by atoms with Crippen LogP contribution in [-0.2, 0) is 9.59 Å². The van der Waals surface area contributed by atoms with Crippen molar-refractivity contribution in [2.24, 2.45) is 50.2 Å². The van der Waals surface area contributed by atoms with Gasteiger partial charge in [-0.1, -0.05) is 47.1 Å². The number of phenols is 2. The zero-order chi connectivity index (χ0) is 45.6. The summed E-state index contributed by atoms with van der Waals surface area (Å²) in [6.07, 6.45) is 10.3. The molecular formula is C49H64O12. The number of hydrogen-bond donors (Lipinski definition) is 5. The number of aldehydes is 1. The number of carbonyl (C=O) groups excluding carboxylic acids is 3. The number of allylic oxidation sites excluding steroid dienone is 2. The number of methoxy groups -OCH3 is 1. The van der Waals surface area contributed by atoms with Crippen LogP contribution in [0.15, 0.2) is 23.8 Å². The number of aryl methyl sites for hydroxylation is 2. The largest absolute Gasteiger partial charge is 0.507 e. The van der Waals surface area contributed by atoms with Crippen molar-refractivity contribution in [3.8, 4) is 23.0 Å². The summed E-state index contributed by atoms with van der Waals surface area (Å²) < 4.78 is 10.3. The van der Waals surface area contributed by atoms with E-state index in [1.54, 1.807) is 0 Å². The summed E-state index contributed by atoms with van der Waals surface area (Å²) >= 11 is 0. The fourth-order valence-electron chi connectivity index (χ4n) is 13.1. The molecule has 0 aromatic heterocycles.